The van der Waals surface area contributed by atoms with E-state index in [-0.39, 0.29) is 12.0 Å². The molecule has 1 aliphatic rings. The molecule has 0 saturated carbocycles. The van der Waals surface area contributed by atoms with Crippen LogP contribution in [0.1, 0.15) is 29.5 Å². The summed E-state index contributed by atoms with van der Waals surface area (Å²) in [4.78, 5) is 19.0. The summed E-state index contributed by atoms with van der Waals surface area (Å²) in [7, 11) is 0. The number of amides is 1. The Morgan fingerprint density at radius 2 is 1.97 bits per heavy atom. The van der Waals surface area contributed by atoms with Crippen LogP contribution in [0.4, 0.5) is 0 Å². The fourth-order valence-corrected chi connectivity index (χ4v) is 3.90. The number of nitrogens with zero attached hydrogens (tertiary/aromatic N) is 2. The number of benzene rings is 2. The zero-order chi connectivity index (χ0) is 22.9. The Bertz CT molecular complexity index is 1060. The average Bonchev–Trinajstić information content (AvgIpc) is 3.36. The lowest BCUT2D eigenvalue weighted by molar-refractivity contribution is -0.128. The van der Waals surface area contributed by atoms with Gasteiger partial charge in [-0.05, 0) is 54.3 Å². The van der Waals surface area contributed by atoms with Gasteiger partial charge in [0.1, 0.15) is 12.4 Å². The van der Waals surface area contributed by atoms with Gasteiger partial charge in [0.25, 0.3) is 0 Å². The van der Waals surface area contributed by atoms with Gasteiger partial charge in [-0.25, -0.2) is 0 Å². The number of hydrogen-bond donors (Lipinski definition) is 0. The molecule has 2 aromatic carbocycles. The van der Waals surface area contributed by atoms with Crippen LogP contribution in [0.15, 0.2) is 79.1 Å². The fraction of sp³-hybridized carbons (Fsp3) is 0.259. The first-order chi connectivity index (χ1) is 16.2. The number of carbonyl (C=O) groups excluding carboxylic acids is 1. The van der Waals surface area contributed by atoms with Crippen LogP contribution in [0.3, 0.4) is 0 Å². The molecule has 0 aliphatic carbocycles. The van der Waals surface area contributed by atoms with E-state index >= 15 is 0 Å². The van der Waals surface area contributed by atoms with Crippen molar-refractivity contribution < 1.29 is 14.3 Å². The molecule has 0 spiro atoms. The molecule has 2 heterocycles. The van der Waals surface area contributed by atoms with Gasteiger partial charge in [-0.2, -0.15) is 0 Å². The zero-order valence-corrected chi connectivity index (χ0v) is 19.2. The standard InChI is InChI=1S/C27H27ClN2O3/c28-26-8-2-1-6-23(26)11-14-27(31)30(19-25-7-4-16-32-25)18-21-9-12-24(13-10-21)33-20-22-5-3-15-29-17-22/h1-3,5-6,8-15,17,25H,4,7,16,18-20H2/b14-11+/t25-/m1/s1. The van der Waals surface area contributed by atoms with Gasteiger partial charge in [0, 0.05) is 48.8 Å². The first-order valence-corrected chi connectivity index (χ1v) is 11.5. The van der Waals surface area contributed by atoms with Crippen LogP contribution in [0.25, 0.3) is 6.08 Å². The third kappa shape index (κ3) is 6.91. The largest absolute Gasteiger partial charge is 0.489 e. The normalized spacial score (nSPS) is 15.6. The number of aromatic nitrogens is 1. The number of rotatable bonds is 9. The minimum atomic E-state index is -0.0673. The zero-order valence-electron chi connectivity index (χ0n) is 18.4. The molecule has 1 fully saturated rings. The van der Waals surface area contributed by atoms with E-state index in [9.17, 15) is 4.79 Å². The van der Waals surface area contributed by atoms with Crippen LogP contribution in [-0.2, 0) is 22.7 Å². The number of pyridine rings is 1. The van der Waals surface area contributed by atoms with Crippen molar-refractivity contribution in [3.05, 3.63) is 101 Å². The van der Waals surface area contributed by atoms with Crippen molar-refractivity contribution in [2.45, 2.75) is 32.1 Å². The summed E-state index contributed by atoms with van der Waals surface area (Å²) in [5.41, 5.74) is 2.86. The average molecular weight is 463 g/mol. The molecular formula is C27H27ClN2O3. The second-order valence-corrected chi connectivity index (χ2v) is 8.41. The lowest BCUT2D eigenvalue weighted by atomic mass is 10.1. The van der Waals surface area contributed by atoms with Crippen LogP contribution in [0, 0.1) is 0 Å². The number of halogens is 1. The second kappa shape index (κ2) is 11.6. The van der Waals surface area contributed by atoms with E-state index in [1.807, 2.05) is 65.6 Å². The van der Waals surface area contributed by atoms with Crippen LogP contribution < -0.4 is 4.74 Å². The second-order valence-electron chi connectivity index (χ2n) is 8.00. The van der Waals surface area contributed by atoms with Crippen molar-refractivity contribution in [3.63, 3.8) is 0 Å². The fourth-order valence-electron chi connectivity index (χ4n) is 3.70. The number of ether oxygens (including phenoxy) is 2. The molecule has 3 aromatic rings. The molecule has 1 amide bonds. The van der Waals surface area contributed by atoms with Crippen molar-refractivity contribution >= 4 is 23.6 Å². The molecule has 0 N–H and O–H groups in total. The van der Waals surface area contributed by atoms with Crippen molar-refractivity contribution in [2.24, 2.45) is 0 Å². The molecule has 6 heteroatoms. The van der Waals surface area contributed by atoms with E-state index in [0.717, 1.165) is 41.9 Å². The molecule has 1 saturated heterocycles. The minimum absolute atomic E-state index is 0.0673. The third-order valence-corrected chi connectivity index (χ3v) is 5.84. The van der Waals surface area contributed by atoms with Gasteiger partial charge in [-0.15, -0.1) is 0 Å². The Hall–Kier alpha value is -3.15. The van der Waals surface area contributed by atoms with Crippen molar-refractivity contribution in [1.29, 1.82) is 0 Å². The van der Waals surface area contributed by atoms with Crippen molar-refractivity contribution in [3.8, 4) is 5.75 Å². The van der Waals surface area contributed by atoms with Crippen LogP contribution in [0.5, 0.6) is 5.75 Å². The van der Waals surface area contributed by atoms with Gasteiger partial charge in [-0.1, -0.05) is 48.0 Å². The first-order valence-electron chi connectivity index (χ1n) is 11.1. The molecule has 0 unspecified atom stereocenters. The highest BCUT2D eigenvalue weighted by Gasteiger charge is 2.21. The minimum Gasteiger partial charge on any atom is -0.489 e. The molecule has 170 valence electrons. The van der Waals surface area contributed by atoms with Gasteiger partial charge in [0.2, 0.25) is 5.91 Å². The molecule has 1 aliphatic heterocycles. The molecule has 33 heavy (non-hydrogen) atoms. The third-order valence-electron chi connectivity index (χ3n) is 5.50. The molecule has 0 radical (unpaired) electrons. The van der Waals surface area contributed by atoms with Gasteiger partial charge < -0.3 is 14.4 Å². The molecule has 5 nitrogen and oxygen atoms in total. The summed E-state index contributed by atoms with van der Waals surface area (Å²) in [6.07, 6.45) is 8.96. The molecule has 1 atom stereocenters. The summed E-state index contributed by atoms with van der Waals surface area (Å²) < 4.78 is 11.6. The van der Waals surface area contributed by atoms with E-state index in [1.54, 1.807) is 24.5 Å². The molecule has 0 bridgehead atoms. The summed E-state index contributed by atoms with van der Waals surface area (Å²) in [6, 6.07) is 19.2. The van der Waals surface area contributed by atoms with Crippen LogP contribution in [0.2, 0.25) is 5.02 Å². The van der Waals surface area contributed by atoms with Gasteiger partial charge in [-0.3, -0.25) is 9.78 Å². The monoisotopic (exact) mass is 462 g/mol. The highest BCUT2D eigenvalue weighted by atomic mass is 35.5. The summed E-state index contributed by atoms with van der Waals surface area (Å²) >= 11 is 6.22. The van der Waals surface area contributed by atoms with E-state index in [4.69, 9.17) is 21.1 Å². The smallest absolute Gasteiger partial charge is 0.246 e. The molecular weight excluding hydrogens is 436 g/mol. The topological polar surface area (TPSA) is 51.7 Å². The van der Waals surface area contributed by atoms with Crippen molar-refractivity contribution in [1.82, 2.24) is 9.88 Å². The maximum Gasteiger partial charge on any atom is 0.246 e. The highest BCUT2D eigenvalue weighted by Crippen LogP contribution is 2.20. The maximum absolute atomic E-state index is 13.1. The van der Waals surface area contributed by atoms with Gasteiger partial charge in [0.05, 0.1) is 6.10 Å². The lowest BCUT2D eigenvalue weighted by Crippen LogP contribution is -2.35. The van der Waals surface area contributed by atoms with E-state index in [0.29, 0.717) is 24.7 Å². The Morgan fingerprint density at radius 3 is 2.70 bits per heavy atom. The Kier molecular flexibility index (Phi) is 8.12. The lowest BCUT2D eigenvalue weighted by Gasteiger charge is -2.24. The van der Waals surface area contributed by atoms with Gasteiger partial charge in [0.15, 0.2) is 0 Å². The maximum atomic E-state index is 13.1. The number of hydrogen-bond acceptors (Lipinski definition) is 4. The Morgan fingerprint density at radius 1 is 1.12 bits per heavy atom. The Labute approximate surface area is 199 Å². The SMILES string of the molecule is O=C(/C=C/c1ccccc1Cl)N(Cc1ccc(OCc2cccnc2)cc1)C[C@H]1CCCO1. The van der Waals surface area contributed by atoms with Gasteiger partial charge >= 0.3 is 0 Å². The summed E-state index contributed by atoms with van der Waals surface area (Å²) in [5, 5.41) is 0.620. The quantitative estimate of drug-likeness (QED) is 0.392. The van der Waals surface area contributed by atoms with Crippen molar-refractivity contribution in [2.75, 3.05) is 13.2 Å². The highest BCUT2D eigenvalue weighted by molar-refractivity contribution is 6.32. The number of carbonyl (C=O) groups is 1. The summed E-state index contributed by atoms with van der Waals surface area (Å²) in [6.45, 7) is 2.27. The van der Waals surface area contributed by atoms with E-state index < -0.39 is 0 Å². The predicted octanol–water partition coefficient (Wildman–Crippen LogP) is 5.54. The van der Waals surface area contributed by atoms with Crippen LogP contribution >= 0.6 is 11.6 Å². The Balaban J connectivity index is 1.41. The molecule has 4 rings (SSSR count). The van der Waals surface area contributed by atoms with Crippen LogP contribution in [-0.4, -0.2) is 35.0 Å². The molecule has 1 aromatic heterocycles. The first kappa shape index (κ1) is 23.0. The summed E-state index contributed by atoms with van der Waals surface area (Å²) in [5.74, 6) is 0.709. The predicted molar refractivity (Wildman–Crippen MR) is 130 cm³/mol. The van der Waals surface area contributed by atoms with E-state index in [2.05, 4.69) is 4.98 Å². The van der Waals surface area contributed by atoms with E-state index in [1.165, 1.54) is 0 Å².